The average molecular weight is 524 g/mol. The molecule has 0 fully saturated rings. The topological polar surface area (TPSA) is 84.5 Å². The second-order valence-corrected chi connectivity index (χ2v) is 7.88. The van der Waals surface area contributed by atoms with Gasteiger partial charge in [-0.25, -0.2) is 0 Å². The van der Waals surface area contributed by atoms with E-state index in [0.717, 1.165) is 5.69 Å². The molecule has 0 bridgehead atoms. The number of carbonyl (C=O) groups excluding carboxylic acids is 1. The number of nitrogens with one attached hydrogen (secondary N) is 1. The van der Waals surface area contributed by atoms with E-state index in [1.165, 1.54) is 0 Å². The van der Waals surface area contributed by atoms with E-state index < -0.39 is 0 Å². The van der Waals surface area contributed by atoms with Crippen LogP contribution in [0.15, 0.2) is 66.7 Å². The number of ether oxygens (including phenoxy) is 6. The van der Waals surface area contributed by atoms with Crippen LogP contribution in [0.25, 0.3) is 0 Å². The SMILES string of the molecule is CC.CNc1ccc(C(=O)c2ccc3c(c2)OCCOCCOc2ccccc2OCCOCCO3)cc1. The van der Waals surface area contributed by atoms with Gasteiger partial charge in [0.25, 0.3) is 0 Å². The number of fused-ring (bicyclic) bond motifs is 2. The van der Waals surface area contributed by atoms with Crippen LogP contribution in [0.5, 0.6) is 23.0 Å². The number of anilines is 1. The minimum Gasteiger partial charge on any atom is -0.487 e. The molecule has 1 heterocycles. The van der Waals surface area contributed by atoms with Gasteiger partial charge in [-0.3, -0.25) is 4.79 Å². The van der Waals surface area contributed by atoms with Crippen LogP contribution < -0.4 is 24.3 Å². The van der Waals surface area contributed by atoms with Crippen LogP contribution in [0.2, 0.25) is 0 Å². The monoisotopic (exact) mass is 523 g/mol. The average Bonchev–Trinajstić information content (AvgIpc) is 2.97. The third kappa shape index (κ3) is 8.68. The molecule has 1 N–H and O–H groups in total. The molecule has 0 radical (unpaired) electrons. The van der Waals surface area contributed by atoms with Crippen molar-refractivity contribution in [2.75, 3.05) is 65.2 Å². The molecule has 38 heavy (non-hydrogen) atoms. The highest BCUT2D eigenvalue weighted by atomic mass is 16.6. The summed E-state index contributed by atoms with van der Waals surface area (Å²) in [4.78, 5) is 13.0. The third-order valence-corrected chi connectivity index (χ3v) is 5.43. The summed E-state index contributed by atoms with van der Waals surface area (Å²) in [5.41, 5.74) is 2.04. The lowest BCUT2D eigenvalue weighted by Gasteiger charge is -2.16. The summed E-state index contributed by atoms with van der Waals surface area (Å²) in [6, 6.07) is 20.0. The van der Waals surface area contributed by atoms with Crippen molar-refractivity contribution in [1.29, 1.82) is 0 Å². The summed E-state index contributed by atoms with van der Waals surface area (Å²) in [5, 5.41) is 3.05. The van der Waals surface area contributed by atoms with E-state index in [-0.39, 0.29) is 5.78 Å². The first kappa shape index (κ1) is 28.8. The van der Waals surface area contributed by atoms with Crippen molar-refractivity contribution in [2.24, 2.45) is 0 Å². The van der Waals surface area contributed by atoms with E-state index in [1.807, 2.05) is 57.3 Å². The van der Waals surface area contributed by atoms with Gasteiger partial charge in [0.05, 0.1) is 26.4 Å². The number of hydrogen-bond acceptors (Lipinski definition) is 8. The largest absolute Gasteiger partial charge is 0.487 e. The minimum absolute atomic E-state index is 0.0967. The molecule has 204 valence electrons. The minimum atomic E-state index is -0.0967. The van der Waals surface area contributed by atoms with Crippen molar-refractivity contribution in [1.82, 2.24) is 0 Å². The highest BCUT2D eigenvalue weighted by molar-refractivity contribution is 6.09. The Labute approximate surface area is 224 Å². The normalized spacial score (nSPS) is 14.6. The Kier molecular flexibility index (Phi) is 12.3. The lowest BCUT2D eigenvalue weighted by Crippen LogP contribution is -2.15. The summed E-state index contributed by atoms with van der Waals surface area (Å²) >= 11 is 0. The smallest absolute Gasteiger partial charge is 0.193 e. The second-order valence-electron chi connectivity index (χ2n) is 7.88. The summed E-state index contributed by atoms with van der Waals surface area (Å²) in [5.74, 6) is 2.24. The van der Waals surface area contributed by atoms with Crippen LogP contribution in [0.4, 0.5) is 5.69 Å². The van der Waals surface area contributed by atoms with E-state index in [1.54, 1.807) is 30.3 Å². The van der Waals surface area contributed by atoms with Crippen LogP contribution in [-0.2, 0) is 9.47 Å². The standard InChI is InChI=1S/C28H31NO7.C2H6/c1-29-23-9-6-21(7-10-23)28(30)22-8-11-26-27(20-22)36-19-15-32-13-17-34-25-5-3-2-4-24(25)33-16-12-31-14-18-35-26;1-2/h2-11,20,29H,12-19H2,1H3;1-2H3. The van der Waals surface area contributed by atoms with E-state index in [0.29, 0.717) is 87.0 Å². The van der Waals surface area contributed by atoms with Crippen LogP contribution >= 0.6 is 0 Å². The van der Waals surface area contributed by atoms with Crippen LogP contribution in [-0.4, -0.2) is 65.7 Å². The molecular weight excluding hydrogens is 486 g/mol. The molecule has 0 aliphatic carbocycles. The zero-order valence-corrected chi connectivity index (χ0v) is 22.4. The predicted octanol–water partition coefficient (Wildman–Crippen LogP) is 5.25. The summed E-state index contributed by atoms with van der Waals surface area (Å²) in [6.45, 7) is 6.91. The van der Waals surface area contributed by atoms with Gasteiger partial charge in [-0.15, -0.1) is 0 Å². The molecule has 4 rings (SSSR count). The molecular formula is C30H37NO7. The van der Waals surface area contributed by atoms with Crippen LogP contribution in [0.1, 0.15) is 29.8 Å². The van der Waals surface area contributed by atoms with Crippen LogP contribution in [0.3, 0.4) is 0 Å². The lowest BCUT2D eigenvalue weighted by atomic mass is 10.0. The number of ketones is 1. The molecule has 0 atom stereocenters. The first-order valence-electron chi connectivity index (χ1n) is 13.0. The Hall–Kier alpha value is -3.75. The molecule has 0 unspecified atom stereocenters. The predicted molar refractivity (Wildman–Crippen MR) is 147 cm³/mol. The fraction of sp³-hybridized carbons (Fsp3) is 0.367. The highest BCUT2D eigenvalue weighted by Gasteiger charge is 2.14. The Balaban J connectivity index is 0.00000195. The van der Waals surface area contributed by atoms with Gasteiger partial charge < -0.3 is 33.7 Å². The van der Waals surface area contributed by atoms with E-state index in [4.69, 9.17) is 28.4 Å². The summed E-state index contributed by atoms with van der Waals surface area (Å²) in [6.07, 6.45) is 0. The molecule has 3 aromatic carbocycles. The fourth-order valence-electron chi connectivity index (χ4n) is 3.57. The molecule has 0 aromatic heterocycles. The zero-order chi connectivity index (χ0) is 27.0. The fourth-order valence-corrected chi connectivity index (χ4v) is 3.57. The first-order valence-corrected chi connectivity index (χ1v) is 13.0. The van der Waals surface area contributed by atoms with E-state index >= 15 is 0 Å². The molecule has 0 saturated carbocycles. The second kappa shape index (κ2) is 16.2. The van der Waals surface area contributed by atoms with Crippen LogP contribution in [0, 0.1) is 0 Å². The summed E-state index contributed by atoms with van der Waals surface area (Å²) in [7, 11) is 1.84. The molecule has 8 nitrogen and oxygen atoms in total. The Bertz CT molecular complexity index is 1120. The van der Waals surface area contributed by atoms with Crippen molar-refractivity contribution in [3.8, 4) is 23.0 Å². The first-order chi connectivity index (χ1) is 18.7. The number of para-hydroxylation sites is 2. The van der Waals surface area contributed by atoms with Crippen molar-refractivity contribution in [3.63, 3.8) is 0 Å². The number of benzene rings is 3. The van der Waals surface area contributed by atoms with Gasteiger partial charge in [0.1, 0.15) is 26.4 Å². The van der Waals surface area contributed by atoms with E-state index in [9.17, 15) is 4.79 Å². The highest BCUT2D eigenvalue weighted by Crippen LogP contribution is 2.30. The Morgan fingerprint density at radius 2 is 1.03 bits per heavy atom. The molecule has 3 aromatic rings. The maximum absolute atomic E-state index is 13.0. The lowest BCUT2D eigenvalue weighted by molar-refractivity contribution is 0.0640. The van der Waals surface area contributed by atoms with Gasteiger partial charge in [0, 0.05) is 23.9 Å². The maximum atomic E-state index is 13.0. The molecule has 0 spiro atoms. The van der Waals surface area contributed by atoms with Crippen molar-refractivity contribution in [2.45, 2.75) is 13.8 Å². The van der Waals surface area contributed by atoms with Crippen molar-refractivity contribution in [3.05, 3.63) is 77.9 Å². The molecule has 1 aliphatic heterocycles. The number of hydrogen-bond donors (Lipinski definition) is 1. The zero-order valence-electron chi connectivity index (χ0n) is 22.4. The quantitative estimate of drug-likeness (QED) is 0.466. The number of carbonyl (C=O) groups is 1. The maximum Gasteiger partial charge on any atom is 0.193 e. The Morgan fingerprint density at radius 3 is 1.53 bits per heavy atom. The molecule has 0 amide bonds. The van der Waals surface area contributed by atoms with Gasteiger partial charge in [-0.05, 0) is 54.6 Å². The van der Waals surface area contributed by atoms with Gasteiger partial charge in [0.15, 0.2) is 28.8 Å². The third-order valence-electron chi connectivity index (χ3n) is 5.43. The molecule has 0 saturated heterocycles. The van der Waals surface area contributed by atoms with Crippen molar-refractivity contribution < 1.29 is 33.2 Å². The molecule has 8 heteroatoms. The van der Waals surface area contributed by atoms with Gasteiger partial charge in [-0.2, -0.15) is 0 Å². The molecule has 1 aliphatic rings. The van der Waals surface area contributed by atoms with Crippen molar-refractivity contribution >= 4 is 11.5 Å². The van der Waals surface area contributed by atoms with Gasteiger partial charge in [-0.1, -0.05) is 26.0 Å². The van der Waals surface area contributed by atoms with Gasteiger partial charge >= 0.3 is 0 Å². The summed E-state index contributed by atoms with van der Waals surface area (Å²) < 4.78 is 34.7. The Morgan fingerprint density at radius 1 is 0.579 bits per heavy atom. The number of rotatable bonds is 3. The van der Waals surface area contributed by atoms with E-state index in [2.05, 4.69) is 5.32 Å². The van der Waals surface area contributed by atoms with Gasteiger partial charge in [0.2, 0.25) is 0 Å².